The van der Waals surface area contributed by atoms with Crippen molar-refractivity contribution in [2.45, 2.75) is 25.9 Å². The van der Waals surface area contributed by atoms with Crippen molar-refractivity contribution in [3.05, 3.63) is 65.5 Å². The predicted molar refractivity (Wildman–Crippen MR) is 92.3 cm³/mol. The van der Waals surface area contributed by atoms with Crippen molar-refractivity contribution in [3.8, 4) is 11.8 Å². The van der Waals surface area contributed by atoms with Crippen LogP contribution in [0.15, 0.2) is 48.5 Å². The second-order valence-corrected chi connectivity index (χ2v) is 5.56. The summed E-state index contributed by atoms with van der Waals surface area (Å²) >= 11 is 0. The van der Waals surface area contributed by atoms with Gasteiger partial charge < -0.3 is 4.74 Å². The first-order valence-electron chi connectivity index (χ1n) is 7.98. The maximum atomic E-state index is 12.8. The fourth-order valence-corrected chi connectivity index (χ4v) is 2.07. The number of ether oxygens (including phenoxy) is 1. The number of rotatable bonds is 6. The van der Waals surface area contributed by atoms with Crippen LogP contribution in [0.25, 0.3) is 0 Å². The van der Waals surface area contributed by atoms with E-state index in [1.54, 1.807) is 24.3 Å². The Morgan fingerprint density at radius 1 is 1.12 bits per heavy atom. The van der Waals surface area contributed by atoms with Crippen LogP contribution >= 0.6 is 0 Å². The van der Waals surface area contributed by atoms with Crippen LogP contribution in [0.4, 0.5) is 4.39 Å². The smallest absolute Gasteiger partial charge is 0.279 e. The number of hydrogen-bond acceptors (Lipinski definition) is 4. The lowest BCUT2D eigenvalue weighted by molar-refractivity contribution is -0.132. The average molecular weight is 355 g/mol. The molecular formula is C19H18FN3O3. The number of benzene rings is 2. The third kappa shape index (κ3) is 5.91. The molecule has 26 heavy (non-hydrogen) atoms. The number of carbonyl (C=O) groups excluding carboxylic acids is 2. The molecule has 2 aromatic rings. The molecule has 2 aromatic carbocycles. The molecule has 1 unspecified atom stereocenters. The van der Waals surface area contributed by atoms with Crippen LogP contribution in [0.5, 0.6) is 5.75 Å². The molecule has 1 atom stereocenters. The van der Waals surface area contributed by atoms with Crippen LogP contribution in [0.3, 0.4) is 0 Å². The van der Waals surface area contributed by atoms with Crippen molar-refractivity contribution < 1.29 is 18.7 Å². The van der Waals surface area contributed by atoms with Gasteiger partial charge in [0.15, 0.2) is 6.10 Å². The first-order chi connectivity index (χ1) is 12.5. The van der Waals surface area contributed by atoms with Gasteiger partial charge in [0, 0.05) is 6.42 Å². The molecule has 0 bridgehead atoms. The minimum Gasteiger partial charge on any atom is -0.481 e. The summed E-state index contributed by atoms with van der Waals surface area (Å²) in [5, 5.41) is 8.74. The number of hydrogen-bond donors (Lipinski definition) is 2. The van der Waals surface area contributed by atoms with Crippen molar-refractivity contribution in [1.82, 2.24) is 10.9 Å². The van der Waals surface area contributed by atoms with E-state index in [0.717, 1.165) is 5.56 Å². The minimum atomic E-state index is -0.862. The zero-order valence-corrected chi connectivity index (χ0v) is 14.2. The predicted octanol–water partition coefficient (Wildman–Crippen LogP) is 2.24. The van der Waals surface area contributed by atoms with E-state index in [2.05, 4.69) is 10.9 Å². The Bertz CT molecular complexity index is 798. The molecule has 0 heterocycles. The molecule has 0 aliphatic rings. The molecule has 0 aromatic heterocycles. The molecule has 0 aliphatic heterocycles. The summed E-state index contributed by atoms with van der Waals surface area (Å²) in [6.45, 7) is 1.52. The van der Waals surface area contributed by atoms with Crippen LogP contribution in [0, 0.1) is 17.1 Å². The molecule has 134 valence electrons. The summed E-state index contributed by atoms with van der Waals surface area (Å²) in [4.78, 5) is 23.7. The molecule has 6 nitrogen and oxygen atoms in total. The maximum absolute atomic E-state index is 12.8. The monoisotopic (exact) mass is 355 g/mol. The molecule has 0 spiro atoms. The molecule has 0 radical (unpaired) electrons. The highest BCUT2D eigenvalue weighted by molar-refractivity contribution is 5.84. The van der Waals surface area contributed by atoms with Crippen molar-refractivity contribution in [2.24, 2.45) is 0 Å². The van der Waals surface area contributed by atoms with E-state index >= 15 is 0 Å². The van der Waals surface area contributed by atoms with Gasteiger partial charge in [-0.25, -0.2) is 4.39 Å². The van der Waals surface area contributed by atoms with Crippen LogP contribution in [0.2, 0.25) is 0 Å². The van der Waals surface area contributed by atoms with Crippen molar-refractivity contribution in [3.63, 3.8) is 0 Å². The first-order valence-corrected chi connectivity index (χ1v) is 7.98. The number of aryl methyl sites for hydroxylation is 1. The Morgan fingerprint density at radius 3 is 2.38 bits per heavy atom. The fraction of sp³-hybridized carbons (Fsp3) is 0.211. The Morgan fingerprint density at radius 2 is 1.77 bits per heavy atom. The standard InChI is InChI=1S/C19H18FN3O3/c1-13(26-17-9-7-16(20)8-10-17)19(25)23-22-18(24)11-6-14-2-4-15(12-21)5-3-14/h2-5,7-10,13H,6,11H2,1H3,(H,22,24)(H,23,25). The van der Waals surface area contributed by atoms with E-state index in [-0.39, 0.29) is 12.3 Å². The number of nitrogens with zero attached hydrogens (tertiary/aromatic N) is 1. The van der Waals surface area contributed by atoms with Gasteiger partial charge in [0.2, 0.25) is 5.91 Å². The third-order valence-corrected chi connectivity index (χ3v) is 3.54. The third-order valence-electron chi connectivity index (χ3n) is 3.54. The number of amides is 2. The lowest BCUT2D eigenvalue weighted by atomic mass is 10.1. The SMILES string of the molecule is CC(Oc1ccc(F)cc1)C(=O)NNC(=O)CCc1ccc(C#N)cc1. The van der Waals surface area contributed by atoms with Gasteiger partial charge in [-0.05, 0) is 55.3 Å². The van der Waals surface area contributed by atoms with E-state index in [1.165, 1.54) is 31.2 Å². The van der Waals surface area contributed by atoms with Crippen molar-refractivity contribution in [2.75, 3.05) is 0 Å². The lowest BCUT2D eigenvalue weighted by Gasteiger charge is -2.15. The van der Waals surface area contributed by atoms with Crippen molar-refractivity contribution in [1.29, 1.82) is 5.26 Å². The molecule has 0 fully saturated rings. The van der Waals surface area contributed by atoms with Crippen LogP contribution in [-0.4, -0.2) is 17.9 Å². The van der Waals surface area contributed by atoms with Crippen molar-refractivity contribution >= 4 is 11.8 Å². The topological polar surface area (TPSA) is 91.2 Å². The molecule has 2 N–H and O–H groups in total. The Kier molecular flexibility index (Phi) is 6.68. The van der Waals surface area contributed by atoms with Gasteiger partial charge >= 0.3 is 0 Å². The second kappa shape index (κ2) is 9.18. The first kappa shape index (κ1) is 18.9. The summed E-state index contributed by atoms with van der Waals surface area (Å²) in [5.74, 6) is -0.928. The summed E-state index contributed by atoms with van der Waals surface area (Å²) < 4.78 is 18.2. The number of nitrogens with one attached hydrogen (secondary N) is 2. The highest BCUT2D eigenvalue weighted by Crippen LogP contribution is 2.13. The summed E-state index contributed by atoms with van der Waals surface area (Å²) in [6, 6.07) is 14.2. The largest absolute Gasteiger partial charge is 0.481 e. The van der Waals surface area contributed by atoms with Gasteiger partial charge in [-0.2, -0.15) is 5.26 Å². The number of halogens is 1. The van der Waals surface area contributed by atoms with Gasteiger partial charge in [-0.15, -0.1) is 0 Å². The van der Waals surface area contributed by atoms with E-state index in [4.69, 9.17) is 10.00 Å². The zero-order chi connectivity index (χ0) is 18.9. The van der Waals surface area contributed by atoms with E-state index in [1.807, 2.05) is 6.07 Å². The summed E-state index contributed by atoms with van der Waals surface area (Å²) in [5.41, 5.74) is 6.08. The van der Waals surface area contributed by atoms with Crippen LogP contribution < -0.4 is 15.6 Å². The van der Waals surface area contributed by atoms with Gasteiger partial charge in [-0.3, -0.25) is 20.4 Å². The molecule has 2 rings (SSSR count). The van der Waals surface area contributed by atoms with Gasteiger partial charge in [-0.1, -0.05) is 12.1 Å². The molecule has 0 aliphatic carbocycles. The highest BCUT2D eigenvalue weighted by Gasteiger charge is 2.15. The van der Waals surface area contributed by atoms with E-state index < -0.39 is 17.8 Å². The number of nitriles is 1. The van der Waals surface area contributed by atoms with Crippen LogP contribution in [0.1, 0.15) is 24.5 Å². The van der Waals surface area contributed by atoms with Gasteiger partial charge in [0.05, 0.1) is 11.6 Å². The Balaban J connectivity index is 1.72. The lowest BCUT2D eigenvalue weighted by Crippen LogP contribution is -2.47. The molecule has 2 amide bonds. The molecule has 7 heteroatoms. The number of hydrazine groups is 1. The van der Waals surface area contributed by atoms with Gasteiger partial charge in [0.1, 0.15) is 11.6 Å². The summed E-state index contributed by atoms with van der Waals surface area (Å²) in [7, 11) is 0. The second-order valence-electron chi connectivity index (χ2n) is 5.56. The minimum absolute atomic E-state index is 0.180. The Labute approximate surface area is 150 Å². The average Bonchev–Trinajstić information content (AvgIpc) is 2.66. The quantitative estimate of drug-likeness (QED) is 0.778. The maximum Gasteiger partial charge on any atom is 0.279 e. The van der Waals surface area contributed by atoms with E-state index in [9.17, 15) is 14.0 Å². The zero-order valence-electron chi connectivity index (χ0n) is 14.2. The number of carbonyl (C=O) groups is 2. The molecule has 0 saturated heterocycles. The van der Waals surface area contributed by atoms with E-state index in [0.29, 0.717) is 17.7 Å². The van der Waals surface area contributed by atoms with Crippen LogP contribution in [-0.2, 0) is 16.0 Å². The molecule has 0 saturated carbocycles. The summed E-state index contributed by atoms with van der Waals surface area (Å²) in [6.07, 6.45) is -0.201. The fourth-order valence-electron chi connectivity index (χ4n) is 2.07. The Hall–Kier alpha value is -3.40. The highest BCUT2D eigenvalue weighted by atomic mass is 19.1. The van der Waals surface area contributed by atoms with Gasteiger partial charge in [0.25, 0.3) is 5.91 Å². The molecular weight excluding hydrogens is 337 g/mol. The normalized spacial score (nSPS) is 11.1.